The Kier molecular flexibility index (Phi) is 12.1. The van der Waals surface area contributed by atoms with Crippen molar-refractivity contribution in [2.75, 3.05) is 13.1 Å². The summed E-state index contributed by atoms with van der Waals surface area (Å²) in [4.78, 5) is 0. The fourth-order valence-electron chi connectivity index (χ4n) is 1.81. The molecule has 0 bridgehead atoms. The van der Waals surface area contributed by atoms with Gasteiger partial charge in [-0.1, -0.05) is 39.5 Å². The zero-order valence-corrected chi connectivity index (χ0v) is 16.6. The Labute approximate surface area is 139 Å². The molecule has 0 saturated heterocycles. The van der Waals surface area contributed by atoms with Crippen LogP contribution < -0.4 is 0 Å². The molecule has 0 aromatic carbocycles. The minimum absolute atomic E-state index is 0.795. The summed E-state index contributed by atoms with van der Waals surface area (Å²) >= 11 is 0. The van der Waals surface area contributed by atoms with Crippen LogP contribution in [0.25, 0.3) is 0 Å². The summed E-state index contributed by atoms with van der Waals surface area (Å²) in [5.41, 5.74) is -5.65. The van der Waals surface area contributed by atoms with Gasteiger partial charge >= 0.3 is 5.51 Å². The lowest BCUT2D eigenvalue weighted by molar-refractivity contribution is -0.524. The minimum Gasteiger partial charge on any atom is -0.741 e. The second kappa shape index (κ2) is 11.2. The van der Waals surface area contributed by atoms with Gasteiger partial charge in [0.15, 0.2) is 10.1 Å². The SMILES string of the molecule is CCC=[N+](CCC)CCCC[Si](C)(C)C.O=S(=O)([O-])C(F)(F)F. The molecule has 0 N–H and O–H groups in total. The predicted molar refractivity (Wildman–Crippen MR) is 89.8 cm³/mol. The van der Waals surface area contributed by atoms with Crippen LogP contribution in [0.3, 0.4) is 0 Å². The Morgan fingerprint density at radius 1 is 1.09 bits per heavy atom. The third-order valence-electron chi connectivity index (χ3n) is 2.86. The fourth-order valence-corrected chi connectivity index (χ4v) is 3.12. The molecule has 0 aromatic rings. The molecule has 0 amide bonds. The van der Waals surface area contributed by atoms with Gasteiger partial charge in [-0.15, -0.1) is 0 Å². The average Bonchev–Trinajstić information content (AvgIpc) is 2.32. The van der Waals surface area contributed by atoms with Crippen molar-refractivity contribution in [1.82, 2.24) is 0 Å². The van der Waals surface area contributed by atoms with E-state index in [1.807, 2.05) is 0 Å². The third-order valence-corrected chi connectivity index (χ3v) is 5.28. The minimum atomic E-state index is -6.09. The highest BCUT2D eigenvalue weighted by atomic mass is 32.2. The Bertz CT molecular complexity index is 443. The van der Waals surface area contributed by atoms with Gasteiger partial charge in [0.05, 0.1) is 0 Å². The van der Waals surface area contributed by atoms with Crippen molar-refractivity contribution in [2.45, 2.75) is 70.7 Å². The van der Waals surface area contributed by atoms with Gasteiger partial charge in [0, 0.05) is 27.3 Å². The first-order chi connectivity index (χ1) is 10.2. The van der Waals surface area contributed by atoms with E-state index in [-0.39, 0.29) is 0 Å². The van der Waals surface area contributed by atoms with Crippen LogP contribution in [0.4, 0.5) is 13.2 Å². The first-order valence-electron chi connectivity index (χ1n) is 7.84. The van der Waals surface area contributed by atoms with Crippen LogP contribution in [0, 0.1) is 0 Å². The number of hydrogen-bond donors (Lipinski definition) is 0. The van der Waals surface area contributed by atoms with Crippen LogP contribution in [-0.2, 0) is 10.1 Å². The summed E-state index contributed by atoms with van der Waals surface area (Å²) in [6.45, 7) is 14.4. The summed E-state index contributed by atoms with van der Waals surface area (Å²) in [5, 5.41) is 0. The molecule has 140 valence electrons. The summed E-state index contributed by atoms with van der Waals surface area (Å²) in [5.74, 6) is 0. The first kappa shape index (κ1) is 24.8. The zero-order chi connectivity index (χ0) is 18.7. The molecule has 0 heterocycles. The van der Waals surface area contributed by atoms with Crippen molar-refractivity contribution < 1.29 is 30.7 Å². The zero-order valence-electron chi connectivity index (χ0n) is 14.7. The molecule has 0 spiro atoms. The molecule has 0 aliphatic rings. The van der Waals surface area contributed by atoms with E-state index in [9.17, 15) is 13.2 Å². The average molecular weight is 378 g/mol. The monoisotopic (exact) mass is 377 g/mol. The lowest BCUT2D eigenvalue weighted by atomic mass is 10.3. The van der Waals surface area contributed by atoms with Gasteiger partial charge in [0.1, 0.15) is 19.3 Å². The van der Waals surface area contributed by atoms with Gasteiger partial charge in [0.2, 0.25) is 0 Å². The quantitative estimate of drug-likeness (QED) is 0.160. The molecular formula is C14H30F3NO3SSi. The van der Waals surface area contributed by atoms with E-state index in [4.69, 9.17) is 13.0 Å². The second-order valence-electron chi connectivity index (χ2n) is 6.54. The van der Waals surface area contributed by atoms with Crippen LogP contribution in [0.5, 0.6) is 0 Å². The smallest absolute Gasteiger partial charge is 0.485 e. The Hall–Kier alpha value is -0.413. The fraction of sp³-hybridized carbons (Fsp3) is 0.929. The summed E-state index contributed by atoms with van der Waals surface area (Å²) in [7, 11) is -6.89. The Morgan fingerprint density at radius 3 is 1.87 bits per heavy atom. The maximum Gasteiger partial charge on any atom is 0.485 e. The molecule has 0 radical (unpaired) electrons. The molecule has 9 heteroatoms. The van der Waals surface area contributed by atoms with Crippen molar-refractivity contribution in [3.63, 3.8) is 0 Å². The van der Waals surface area contributed by atoms with E-state index >= 15 is 0 Å². The normalized spacial score (nSPS) is 13.5. The highest BCUT2D eigenvalue weighted by Crippen LogP contribution is 2.20. The highest BCUT2D eigenvalue weighted by molar-refractivity contribution is 7.86. The summed E-state index contributed by atoms with van der Waals surface area (Å²) in [6.07, 6.45) is 7.60. The lowest BCUT2D eigenvalue weighted by Gasteiger charge is -2.14. The third kappa shape index (κ3) is 16.2. The van der Waals surface area contributed by atoms with Gasteiger partial charge in [-0.3, -0.25) is 0 Å². The standard InChI is InChI=1S/C13H30NSi.CHF3O3S/c1-6-10-14(11-7-2)12-8-9-13-15(3,4)5;2-1(3,4)8(5,6)7/h10H,6-9,11-13H2,1-5H3;(H,5,6,7)/q+1;/p-1. The molecule has 23 heavy (non-hydrogen) atoms. The Balaban J connectivity index is 0. The predicted octanol–water partition coefficient (Wildman–Crippen LogP) is 4.06. The first-order valence-corrected chi connectivity index (χ1v) is 13.0. The van der Waals surface area contributed by atoms with E-state index in [0.29, 0.717) is 0 Å². The van der Waals surface area contributed by atoms with Crippen molar-refractivity contribution >= 4 is 24.4 Å². The van der Waals surface area contributed by atoms with Crippen LogP contribution in [-0.4, -0.2) is 50.4 Å². The van der Waals surface area contributed by atoms with Crippen molar-refractivity contribution in [2.24, 2.45) is 0 Å². The number of alkyl halides is 3. The number of rotatable bonds is 8. The molecule has 0 saturated carbocycles. The molecule has 0 aliphatic carbocycles. The van der Waals surface area contributed by atoms with E-state index in [2.05, 4.69) is 44.3 Å². The maximum absolute atomic E-state index is 10.7. The molecule has 0 aromatic heterocycles. The molecule has 0 rings (SSSR count). The van der Waals surface area contributed by atoms with Gasteiger partial charge in [-0.25, -0.2) is 13.0 Å². The van der Waals surface area contributed by atoms with E-state index < -0.39 is 23.7 Å². The summed E-state index contributed by atoms with van der Waals surface area (Å²) < 4.78 is 61.4. The van der Waals surface area contributed by atoms with Crippen LogP contribution >= 0.6 is 0 Å². The topological polar surface area (TPSA) is 60.2 Å². The van der Waals surface area contributed by atoms with Gasteiger partial charge in [-0.05, 0) is 6.42 Å². The Morgan fingerprint density at radius 2 is 1.57 bits per heavy atom. The molecule has 0 atom stereocenters. The second-order valence-corrected chi connectivity index (χ2v) is 13.5. The van der Waals surface area contributed by atoms with Crippen LogP contribution in [0.15, 0.2) is 0 Å². The van der Waals surface area contributed by atoms with E-state index in [1.165, 1.54) is 44.8 Å². The van der Waals surface area contributed by atoms with Gasteiger partial charge in [-0.2, -0.15) is 13.2 Å². The van der Waals surface area contributed by atoms with Gasteiger partial charge in [0.25, 0.3) is 0 Å². The molecular weight excluding hydrogens is 347 g/mol. The van der Waals surface area contributed by atoms with E-state index in [1.54, 1.807) is 0 Å². The number of nitrogens with zero attached hydrogens (tertiary/aromatic N) is 1. The van der Waals surface area contributed by atoms with Crippen molar-refractivity contribution in [1.29, 1.82) is 0 Å². The number of hydrogen-bond acceptors (Lipinski definition) is 3. The van der Waals surface area contributed by atoms with Gasteiger partial charge < -0.3 is 4.55 Å². The molecule has 0 unspecified atom stereocenters. The molecule has 0 aliphatic heterocycles. The van der Waals surface area contributed by atoms with Crippen LogP contribution in [0.1, 0.15) is 39.5 Å². The molecule has 4 nitrogen and oxygen atoms in total. The maximum atomic E-state index is 10.7. The number of halogens is 3. The summed E-state index contributed by atoms with van der Waals surface area (Å²) in [6, 6.07) is 1.49. The number of unbranched alkanes of at least 4 members (excludes halogenated alkanes) is 1. The molecule has 0 fully saturated rings. The van der Waals surface area contributed by atoms with E-state index in [0.717, 1.165) is 0 Å². The highest BCUT2D eigenvalue weighted by Gasteiger charge is 2.36. The lowest BCUT2D eigenvalue weighted by Crippen LogP contribution is -2.21. The van der Waals surface area contributed by atoms with Crippen molar-refractivity contribution in [3.05, 3.63) is 0 Å². The van der Waals surface area contributed by atoms with Crippen molar-refractivity contribution in [3.8, 4) is 0 Å². The van der Waals surface area contributed by atoms with Crippen LogP contribution in [0.2, 0.25) is 25.7 Å². The largest absolute Gasteiger partial charge is 0.741 e.